The van der Waals surface area contributed by atoms with Crippen molar-refractivity contribution in [3.63, 3.8) is 0 Å². The van der Waals surface area contributed by atoms with E-state index < -0.39 is 0 Å². The van der Waals surface area contributed by atoms with Gasteiger partial charge in [-0.2, -0.15) is 0 Å². The van der Waals surface area contributed by atoms with Crippen LogP contribution < -0.4 is 5.32 Å². The molecule has 0 aliphatic heterocycles. The Labute approximate surface area is 121 Å². The highest BCUT2D eigenvalue weighted by atomic mass is 15.1. The van der Waals surface area contributed by atoms with E-state index in [1.165, 1.54) is 5.56 Å². The van der Waals surface area contributed by atoms with Gasteiger partial charge in [0.15, 0.2) is 0 Å². The van der Waals surface area contributed by atoms with Gasteiger partial charge in [0.1, 0.15) is 11.6 Å². The van der Waals surface area contributed by atoms with Crippen molar-refractivity contribution in [1.29, 1.82) is 0 Å². The first kappa shape index (κ1) is 14.7. The molecule has 2 aromatic rings. The van der Waals surface area contributed by atoms with E-state index in [-0.39, 0.29) is 0 Å². The molecule has 108 valence electrons. The third-order valence-corrected chi connectivity index (χ3v) is 3.34. The molecule has 0 saturated carbocycles. The van der Waals surface area contributed by atoms with Crippen LogP contribution in [0, 0.1) is 0 Å². The summed E-state index contributed by atoms with van der Waals surface area (Å²) in [6.45, 7) is 10.4. The first-order chi connectivity index (χ1) is 9.65. The molecule has 1 N–H and O–H groups in total. The van der Waals surface area contributed by atoms with Gasteiger partial charge in [0.05, 0.1) is 0 Å². The number of nitrogens with one attached hydrogen (secondary N) is 1. The predicted molar refractivity (Wildman–Crippen MR) is 82.2 cm³/mol. The zero-order valence-electron chi connectivity index (χ0n) is 12.8. The Bertz CT molecular complexity index is 557. The topological polar surface area (TPSA) is 42.7 Å². The fourth-order valence-corrected chi connectivity index (χ4v) is 2.19. The number of nitrogens with zero attached hydrogens (tertiary/aromatic N) is 3. The number of imidazole rings is 1. The maximum Gasteiger partial charge on any atom is 0.138 e. The van der Waals surface area contributed by atoms with Gasteiger partial charge in [0.2, 0.25) is 0 Å². The van der Waals surface area contributed by atoms with Crippen molar-refractivity contribution in [3.05, 3.63) is 41.6 Å². The van der Waals surface area contributed by atoms with Gasteiger partial charge in [-0.25, -0.2) is 9.97 Å². The highest BCUT2D eigenvalue weighted by molar-refractivity contribution is 5.33. The van der Waals surface area contributed by atoms with Crippen molar-refractivity contribution in [2.24, 2.45) is 0 Å². The Morgan fingerprint density at radius 1 is 1.25 bits per heavy atom. The summed E-state index contributed by atoms with van der Waals surface area (Å²) in [5.74, 6) is 2.44. The summed E-state index contributed by atoms with van der Waals surface area (Å²) in [6.07, 6.45) is 4.73. The first-order valence-corrected chi connectivity index (χ1v) is 7.39. The molecule has 0 saturated heterocycles. The van der Waals surface area contributed by atoms with Gasteiger partial charge < -0.3 is 5.32 Å². The van der Waals surface area contributed by atoms with E-state index in [0.29, 0.717) is 5.92 Å². The van der Waals surface area contributed by atoms with E-state index in [4.69, 9.17) is 4.98 Å². The predicted octanol–water partition coefficient (Wildman–Crippen LogP) is 3.06. The van der Waals surface area contributed by atoms with Crippen molar-refractivity contribution < 1.29 is 0 Å². The lowest BCUT2D eigenvalue weighted by Crippen LogP contribution is -2.13. The minimum absolute atomic E-state index is 0.420. The van der Waals surface area contributed by atoms with E-state index in [0.717, 1.165) is 36.8 Å². The summed E-state index contributed by atoms with van der Waals surface area (Å²) in [6, 6.07) is 4.34. The lowest BCUT2D eigenvalue weighted by molar-refractivity contribution is 0.716. The summed E-state index contributed by atoms with van der Waals surface area (Å²) < 4.78 is 2.08. The maximum absolute atomic E-state index is 4.79. The molecule has 0 atom stereocenters. The van der Waals surface area contributed by atoms with Gasteiger partial charge in [0.25, 0.3) is 0 Å². The molecule has 0 spiro atoms. The van der Waals surface area contributed by atoms with Gasteiger partial charge in [-0.1, -0.05) is 27.7 Å². The van der Waals surface area contributed by atoms with Crippen LogP contribution in [-0.4, -0.2) is 21.1 Å². The highest BCUT2D eigenvalue weighted by Gasteiger charge is 2.10. The summed E-state index contributed by atoms with van der Waals surface area (Å²) in [4.78, 5) is 9.17. The van der Waals surface area contributed by atoms with Gasteiger partial charge >= 0.3 is 0 Å². The van der Waals surface area contributed by atoms with Crippen LogP contribution in [0.3, 0.4) is 0 Å². The van der Waals surface area contributed by atoms with Crippen LogP contribution in [0.4, 0.5) is 0 Å². The molecule has 0 unspecified atom stereocenters. The van der Waals surface area contributed by atoms with E-state index in [1.54, 1.807) is 0 Å². The summed E-state index contributed by atoms with van der Waals surface area (Å²) in [5.41, 5.74) is 2.41. The Morgan fingerprint density at radius 2 is 2.05 bits per heavy atom. The number of rotatable bonds is 6. The number of hydrogen-bond donors (Lipinski definition) is 1. The van der Waals surface area contributed by atoms with Crippen LogP contribution in [0.25, 0.3) is 5.82 Å². The Morgan fingerprint density at radius 3 is 2.70 bits per heavy atom. The maximum atomic E-state index is 4.79. The zero-order chi connectivity index (χ0) is 14.5. The monoisotopic (exact) mass is 272 g/mol. The third kappa shape index (κ3) is 3.25. The lowest BCUT2D eigenvalue weighted by atomic mass is 10.1. The van der Waals surface area contributed by atoms with Crippen molar-refractivity contribution >= 4 is 0 Å². The molecular formula is C16H24N4. The molecule has 0 aliphatic carbocycles. The van der Waals surface area contributed by atoms with E-state index in [1.807, 2.05) is 12.4 Å². The first-order valence-electron chi connectivity index (χ1n) is 7.39. The van der Waals surface area contributed by atoms with E-state index in [9.17, 15) is 0 Å². The number of aryl methyl sites for hydroxylation is 1. The SMILES string of the molecule is CCNCc1cc(C(C)C)nc(-n2ccnc2CC)c1. The minimum atomic E-state index is 0.420. The van der Waals surface area contributed by atoms with Gasteiger partial charge in [0, 0.05) is 31.1 Å². The van der Waals surface area contributed by atoms with Crippen LogP contribution in [0.15, 0.2) is 24.5 Å². The molecule has 0 radical (unpaired) electrons. The second kappa shape index (κ2) is 6.66. The summed E-state index contributed by atoms with van der Waals surface area (Å²) >= 11 is 0. The van der Waals surface area contributed by atoms with Crippen LogP contribution in [0.5, 0.6) is 0 Å². The molecule has 0 amide bonds. The van der Waals surface area contributed by atoms with Crippen molar-refractivity contribution in [2.45, 2.75) is 46.6 Å². The Balaban J connectivity index is 2.43. The van der Waals surface area contributed by atoms with E-state index >= 15 is 0 Å². The van der Waals surface area contributed by atoms with Crippen LogP contribution in [0.1, 0.15) is 50.7 Å². The number of pyridine rings is 1. The van der Waals surface area contributed by atoms with Crippen molar-refractivity contribution in [1.82, 2.24) is 19.9 Å². The lowest BCUT2D eigenvalue weighted by Gasteiger charge is -2.13. The van der Waals surface area contributed by atoms with Crippen molar-refractivity contribution in [3.8, 4) is 5.82 Å². The highest BCUT2D eigenvalue weighted by Crippen LogP contribution is 2.18. The molecule has 20 heavy (non-hydrogen) atoms. The quantitative estimate of drug-likeness (QED) is 0.879. The summed E-state index contributed by atoms with van der Waals surface area (Å²) in [7, 11) is 0. The Kier molecular flexibility index (Phi) is 4.90. The Hall–Kier alpha value is -1.68. The number of hydrogen-bond acceptors (Lipinski definition) is 3. The normalized spacial score (nSPS) is 11.2. The molecule has 2 heterocycles. The second-order valence-corrected chi connectivity index (χ2v) is 5.26. The largest absolute Gasteiger partial charge is 0.313 e. The molecule has 2 rings (SSSR count). The molecule has 4 heteroatoms. The molecule has 0 aromatic carbocycles. The molecule has 0 aliphatic rings. The number of aromatic nitrogens is 3. The summed E-state index contributed by atoms with van der Waals surface area (Å²) in [5, 5.41) is 3.38. The van der Waals surface area contributed by atoms with Crippen LogP contribution in [0.2, 0.25) is 0 Å². The molecule has 0 fully saturated rings. The standard InChI is InChI=1S/C16H24N4/c1-5-15-18-7-8-20(15)16-10-13(11-17-6-2)9-14(19-16)12(3)4/h7-10,12,17H,5-6,11H2,1-4H3. The van der Waals surface area contributed by atoms with Crippen LogP contribution >= 0.6 is 0 Å². The zero-order valence-corrected chi connectivity index (χ0v) is 12.8. The average Bonchev–Trinajstić information content (AvgIpc) is 2.93. The van der Waals surface area contributed by atoms with Gasteiger partial charge in [-0.3, -0.25) is 4.57 Å². The fourth-order valence-electron chi connectivity index (χ4n) is 2.19. The smallest absolute Gasteiger partial charge is 0.138 e. The molecule has 0 bridgehead atoms. The van der Waals surface area contributed by atoms with Crippen LogP contribution in [-0.2, 0) is 13.0 Å². The second-order valence-electron chi connectivity index (χ2n) is 5.26. The third-order valence-electron chi connectivity index (χ3n) is 3.34. The fraction of sp³-hybridized carbons (Fsp3) is 0.500. The minimum Gasteiger partial charge on any atom is -0.313 e. The molecule has 2 aromatic heterocycles. The molecule has 4 nitrogen and oxygen atoms in total. The average molecular weight is 272 g/mol. The molecular weight excluding hydrogens is 248 g/mol. The van der Waals surface area contributed by atoms with Gasteiger partial charge in [-0.05, 0) is 30.2 Å². The van der Waals surface area contributed by atoms with E-state index in [2.05, 4.69) is 54.7 Å². The van der Waals surface area contributed by atoms with Gasteiger partial charge in [-0.15, -0.1) is 0 Å². The van der Waals surface area contributed by atoms with Crippen molar-refractivity contribution in [2.75, 3.05) is 6.54 Å².